The summed E-state index contributed by atoms with van der Waals surface area (Å²) in [7, 11) is 0. The molecule has 0 unspecified atom stereocenters. The quantitative estimate of drug-likeness (QED) is 0.841. The maximum absolute atomic E-state index is 12.3. The average molecular weight is 307 g/mol. The zero-order chi connectivity index (χ0) is 15.1. The molecule has 0 spiro atoms. The molecular formula is C16H21NO3S. The van der Waals surface area contributed by atoms with Gasteiger partial charge in [-0.2, -0.15) is 0 Å². The number of hydrogen-bond donors (Lipinski definition) is 1. The fourth-order valence-corrected chi connectivity index (χ4v) is 3.57. The van der Waals surface area contributed by atoms with Gasteiger partial charge in [-0.15, -0.1) is 11.8 Å². The fraction of sp³-hybridized carbons (Fsp3) is 0.500. The van der Waals surface area contributed by atoms with E-state index in [0.29, 0.717) is 5.75 Å². The lowest BCUT2D eigenvalue weighted by molar-refractivity contribution is -0.145. The summed E-state index contributed by atoms with van der Waals surface area (Å²) < 4.78 is 0. The van der Waals surface area contributed by atoms with E-state index in [1.54, 1.807) is 16.7 Å². The summed E-state index contributed by atoms with van der Waals surface area (Å²) in [5.74, 6) is 0.144. The van der Waals surface area contributed by atoms with Crippen LogP contribution in [0.25, 0.3) is 0 Å². The Morgan fingerprint density at radius 3 is 2.48 bits per heavy atom. The third-order valence-corrected chi connectivity index (χ3v) is 4.72. The van der Waals surface area contributed by atoms with Gasteiger partial charge in [0.2, 0.25) is 5.91 Å². The normalized spacial score (nSPS) is 15.0. The van der Waals surface area contributed by atoms with Gasteiger partial charge in [-0.05, 0) is 18.4 Å². The number of benzene rings is 1. The van der Waals surface area contributed by atoms with Crippen molar-refractivity contribution < 1.29 is 14.7 Å². The molecule has 1 aromatic carbocycles. The molecule has 1 fully saturated rings. The lowest BCUT2D eigenvalue weighted by Crippen LogP contribution is -2.43. The van der Waals surface area contributed by atoms with E-state index in [-0.39, 0.29) is 18.5 Å². The molecule has 0 radical (unpaired) electrons. The predicted molar refractivity (Wildman–Crippen MR) is 84.2 cm³/mol. The SMILES string of the molecule is O=C(O)CN(C(=O)CSCc1ccccc1)C1CCCC1. The molecule has 0 saturated heterocycles. The topological polar surface area (TPSA) is 57.6 Å². The van der Waals surface area contributed by atoms with Crippen LogP contribution in [0, 0.1) is 0 Å². The van der Waals surface area contributed by atoms with Crippen LogP contribution in [-0.4, -0.2) is 40.2 Å². The number of rotatable bonds is 7. The molecular weight excluding hydrogens is 286 g/mol. The van der Waals surface area contributed by atoms with Crippen LogP contribution < -0.4 is 0 Å². The van der Waals surface area contributed by atoms with Crippen molar-refractivity contribution in [2.45, 2.75) is 37.5 Å². The highest BCUT2D eigenvalue weighted by Gasteiger charge is 2.27. The van der Waals surface area contributed by atoms with Gasteiger partial charge >= 0.3 is 5.97 Å². The summed E-state index contributed by atoms with van der Waals surface area (Å²) in [5.41, 5.74) is 1.18. The zero-order valence-electron chi connectivity index (χ0n) is 12.0. The molecule has 1 amide bonds. The summed E-state index contributed by atoms with van der Waals surface area (Å²) >= 11 is 1.54. The van der Waals surface area contributed by atoms with E-state index in [4.69, 9.17) is 5.11 Å². The first-order valence-electron chi connectivity index (χ1n) is 7.30. The third kappa shape index (κ3) is 5.08. The molecule has 1 N–H and O–H groups in total. The number of carboxylic acids is 1. The van der Waals surface area contributed by atoms with Crippen molar-refractivity contribution in [1.29, 1.82) is 0 Å². The molecule has 0 atom stereocenters. The van der Waals surface area contributed by atoms with Gasteiger partial charge in [-0.1, -0.05) is 43.2 Å². The number of carbonyl (C=O) groups is 2. The first kappa shape index (κ1) is 15.9. The van der Waals surface area contributed by atoms with Crippen molar-refractivity contribution in [3.05, 3.63) is 35.9 Å². The molecule has 114 valence electrons. The highest BCUT2D eigenvalue weighted by atomic mass is 32.2. The minimum Gasteiger partial charge on any atom is -0.480 e. The minimum atomic E-state index is -0.927. The Hall–Kier alpha value is -1.49. The molecule has 1 saturated carbocycles. The summed E-state index contributed by atoms with van der Waals surface area (Å²) in [6.07, 6.45) is 4.04. The minimum absolute atomic E-state index is 0.0507. The number of carbonyl (C=O) groups excluding carboxylic acids is 1. The van der Waals surface area contributed by atoms with E-state index < -0.39 is 5.97 Å². The van der Waals surface area contributed by atoms with Crippen LogP contribution in [0.2, 0.25) is 0 Å². The molecule has 5 heteroatoms. The van der Waals surface area contributed by atoms with Crippen LogP contribution in [0.1, 0.15) is 31.2 Å². The molecule has 2 rings (SSSR count). The Morgan fingerprint density at radius 1 is 1.19 bits per heavy atom. The largest absolute Gasteiger partial charge is 0.480 e. The number of thioether (sulfide) groups is 1. The summed E-state index contributed by atoms with van der Waals surface area (Å²) in [4.78, 5) is 24.8. The summed E-state index contributed by atoms with van der Waals surface area (Å²) in [5, 5.41) is 9.00. The van der Waals surface area contributed by atoms with E-state index in [2.05, 4.69) is 0 Å². The molecule has 1 aliphatic carbocycles. The van der Waals surface area contributed by atoms with Gasteiger partial charge in [-0.25, -0.2) is 0 Å². The van der Waals surface area contributed by atoms with E-state index in [1.807, 2.05) is 30.3 Å². The molecule has 0 bridgehead atoms. The maximum Gasteiger partial charge on any atom is 0.323 e. The van der Waals surface area contributed by atoms with Crippen molar-refractivity contribution in [1.82, 2.24) is 4.90 Å². The highest BCUT2D eigenvalue weighted by Crippen LogP contribution is 2.24. The number of aliphatic carboxylic acids is 1. The molecule has 0 heterocycles. The van der Waals surface area contributed by atoms with Gasteiger partial charge in [0.05, 0.1) is 5.75 Å². The van der Waals surface area contributed by atoms with Crippen molar-refractivity contribution in [2.24, 2.45) is 0 Å². The van der Waals surface area contributed by atoms with Crippen molar-refractivity contribution in [2.75, 3.05) is 12.3 Å². The second-order valence-corrected chi connectivity index (χ2v) is 6.32. The smallest absolute Gasteiger partial charge is 0.323 e. The molecule has 0 aromatic heterocycles. The number of carboxylic acid groups (broad SMARTS) is 1. The Morgan fingerprint density at radius 2 is 1.86 bits per heavy atom. The Kier molecular flexibility index (Phi) is 6.11. The van der Waals surface area contributed by atoms with Crippen LogP contribution >= 0.6 is 11.8 Å². The fourth-order valence-electron chi connectivity index (χ4n) is 2.70. The van der Waals surface area contributed by atoms with Gasteiger partial charge in [0.1, 0.15) is 6.54 Å². The number of amides is 1. The molecule has 1 aromatic rings. The molecule has 0 aliphatic heterocycles. The highest BCUT2D eigenvalue weighted by molar-refractivity contribution is 7.99. The van der Waals surface area contributed by atoms with Gasteiger partial charge in [0.25, 0.3) is 0 Å². The maximum atomic E-state index is 12.3. The van der Waals surface area contributed by atoms with Gasteiger partial charge in [0.15, 0.2) is 0 Å². The lowest BCUT2D eigenvalue weighted by atomic mass is 10.2. The van der Waals surface area contributed by atoms with Crippen LogP contribution in [0.4, 0.5) is 0 Å². The molecule has 21 heavy (non-hydrogen) atoms. The number of hydrogen-bond acceptors (Lipinski definition) is 3. The van der Waals surface area contributed by atoms with Crippen molar-refractivity contribution in [3.63, 3.8) is 0 Å². The van der Waals surface area contributed by atoms with E-state index >= 15 is 0 Å². The molecule has 4 nitrogen and oxygen atoms in total. The molecule has 1 aliphatic rings. The van der Waals surface area contributed by atoms with E-state index in [9.17, 15) is 9.59 Å². The number of nitrogens with zero attached hydrogens (tertiary/aromatic N) is 1. The van der Waals surface area contributed by atoms with Crippen LogP contribution in [0.5, 0.6) is 0 Å². The van der Waals surface area contributed by atoms with Crippen LogP contribution in [0.3, 0.4) is 0 Å². The Labute approximate surface area is 129 Å². The standard InChI is InChI=1S/C16H21NO3S/c18-15(12-21-11-13-6-2-1-3-7-13)17(10-16(19)20)14-8-4-5-9-14/h1-3,6-7,14H,4-5,8-12H2,(H,19,20). The Bertz CT molecular complexity index is 472. The van der Waals surface area contributed by atoms with E-state index in [1.165, 1.54) is 5.56 Å². The second kappa shape index (κ2) is 8.08. The average Bonchev–Trinajstić information content (AvgIpc) is 2.99. The van der Waals surface area contributed by atoms with Crippen molar-refractivity contribution >= 4 is 23.6 Å². The summed E-state index contributed by atoms with van der Waals surface area (Å²) in [6.45, 7) is -0.171. The van der Waals surface area contributed by atoms with E-state index in [0.717, 1.165) is 31.4 Å². The van der Waals surface area contributed by atoms with Gasteiger partial charge in [0, 0.05) is 11.8 Å². The third-order valence-electron chi connectivity index (χ3n) is 3.73. The zero-order valence-corrected chi connectivity index (χ0v) is 12.8. The van der Waals surface area contributed by atoms with Crippen LogP contribution in [-0.2, 0) is 15.3 Å². The van der Waals surface area contributed by atoms with Gasteiger partial charge in [-0.3, -0.25) is 9.59 Å². The first-order chi connectivity index (χ1) is 10.2. The Balaban J connectivity index is 1.84. The summed E-state index contributed by atoms with van der Waals surface area (Å²) in [6, 6.07) is 10.1. The predicted octanol–water partition coefficient (Wildman–Crippen LogP) is 2.78. The lowest BCUT2D eigenvalue weighted by Gasteiger charge is -2.27. The first-order valence-corrected chi connectivity index (χ1v) is 8.45. The van der Waals surface area contributed by atoms with Crippen LogP contribution in [0.15, 0.2) is 30.3 Å². The monoisotopic (exact) mass is 307 g/mol. The second-order valence-electron chi connectivity index (χ2n) is 5.33. The van der Waals surface area contributed by atoms with Crippen molar-refractivity contribution in [3.8, 4) is 0 Å². The van der Waals surface area contributed by atoms with Gasteiger partial charge < -0.3 is 10.0 Å².